The fraction of sp³-hybridized carbons (Fsp3) is 0.692. The van der Waals surface area contributed by atoms with Crippen molar-refractivity contribution in [2.24, 2.45) is 0 Å². The summed E-state index contributed by atoms with van der Waals surface area (Å²) in [7, 11) is 3.76. The van der Waals surface area contributed by atoms with E-state index < -0.39 is 0 Å². The van der Waals surface area contributed by atoms with Gasteiger partial charge in [-0.05, 0) is 20.3 Å². The highest BCUT2D eigenvalue weighted by Gasteiger charge is 2.17. The minimum Gasteiger partial charge on any atom is -0.383 e. The van der Waals surface area contributed by atoms with Crippen LogP contribution in [0.4, 0.5) is 11.6 Å². The van der Waals surface area contributed by atoms with Crippen molar-refractivity contribution in [1.82, 2.24) is 9.97 Å². The summed E-state index contributed by atoms with van der Waals surface area (Å²) in [6.07, 6.45) is 2.52. The molecule has 0 radical (unpaired) electrons. The monoisotopic (exact) mass is 252 g/mol. The summed E-state index contributed by atoms with van der Waals surface area (Å²) in [5, 5.41) is 3.28. The highest BCUT2D eigenvalue weighted by atomic mass is 16.5. The van der Waals surface area contributed by atoms with Crippen LogP contribution < -0.4 is 10.2 Å². The first-order chi connectivity index (χ1) is 8.65. The molecule has 18 heavy (non-hydrogen) atoms. The molecule has 0 aliphatic carbocycles. The Kier molecular flexibility index (Phi) is 5.85. The molecular weight excluding hydrogens is 228 g/mol. The van der Waals surface area contributed by atoms with Crippen molar-refractivity contribution in [3.8, 4) is 0 Å². The molecule has 0 amide bonds. The first kappa shape index (κ1) is 14.7. The molecular formula is C13H24N4O. The van der Waals surface area contributed by atoms with Crippen molar-refractivity contribution in [3.05, 3.63) is 11.9 Å². The van der Waals surface area contributed by atoms with Crippen molar-refractivity contribution < 1.29 is 4.74 Å². The quantitative estimate of drug-likeness (QED) is 0.803. The van der Waals surface area contributed by atoms with Crippen molar-refractivity contribution in [1.29, 1.82) is 0 Å². The van der Waals surface area contributed by atoms with E-state index in [2.05, 4.69) is 41.0 Å². The van der Waals surface area contributed by atoms with Gasteiger partial charge in [0, 0.05) is 26.3 Å². The second-order valence-electron chi connectivity index (χ2n) is 4.32. The minimum atomic E-state index is 0.282. The number of nitrogens with zero attached hydrogens (tertiary/aromatic N) is 3. The number of likely N-dealkylation sites (N-methyl/N-ethyl adjacent to an activating group) is 1. The first-order valence-corrected chi connectivity index (χ1v) is 6.45. The lowest BCUT2D eigenvalue weighted by Crippen LogP contribution is -2.34. The molecule has 102 valence electrons. The molecule has 1 atom stereocenters. The molecule has 0 aromatic carbocycles. The van der Waals surface area contributed by atoms with Crippen molar-refractivity contribution >= 4 is 11.6 Å². The number of nitrogens with one attached hydrogen (secondary N) is 1. The van der Waals surface area contributed by atoms with Crippen LogP contribution in [0.2, 0.25) is 0 Å². The Morgan fingerprint density at radius 2 is 2.11 bits per heavy atom. The van der Waals surface area contributed by atoms with Crippen LogP contribution in [0.5, 0.6) is 0 Å². The van der Waals surface area contributed by atoms with Crippen LogP contribution in [-0.2, 0) is 11.2 Å². The number of rotatable bonds is 7. The van der Waals surface area contributed by atoms with E-state index in [1.165, 1.54) is 0 Å². The van der Waals surface area contributed by atoms with E-state index in [9.17, 15) is 0 Å². The summed E-state index contributed by atoms with van der Waals surface area (Å²) in [6.45, 7) is 7.86. The van der Waals surface area contributed by atoms with Gasteiger partial charge in [-0.1, -0.05) is 6.92 Å². The Bertz CT molecular complexity index is 370. The van der Waals surface area contributed by atoms with Crippen LogP contribution in [0, 0.1) is 0 Å². The third-order valence-corrected chi connectivity index (χ3v) is 3.02. The molecule has 1 rings (SSSR count). The Balaban J connectivity index is 3.03. The van der Waals surface area contributed by atoms with E-state index >= 15 is 0 Å². The molecule has 0 aliphatic rings. The summed E-state index contributed by atoms with van der Waals surface area (Å²) >= 11 is 0. The molecule has 0 saturated heterocycles. The Hall–Kier alpha value is -1.36. The SMILES string of the molecule is CCNc1ncnc(N(C)C(C)COC)c1CC. The van der Waals surface area contributed by atoms with Crippen molar-refractivity contribution in [3.63, 3.8) is 0 Å². The van der Waals surface area contributed by atoms with E-state index in [-0.39, 0.29) is 6.04 Å². The molecule has 1 N–H and O–H groups in total. The molecule has 0 spiro atoms. The van der Waals surface area contributed by atoms with Gasteiger partial charge in [0.1, 0.15) is 18.0 Å². The van der Waals surface area contributed by atoms with Gasteiger partial charge in [-0.3, -0.25) is 0 Å². The minimum absolute atomic E-state index is 0.282. The molecule has 0 aliphatic heterocycles. The summed E-state index contributed by atoms with van der Waals surface area (Å²) in [5.74, 6) is 1.91. The van der Waals surface area contributed by atoms with E-state index in [4.69, 9.17) is 4.74 Å². The Morgan fingerprint density at radius 3 is 2.67 bits per heavy atom. The van der Waals surface area contributed by atoms with E-state index in [0.29, 0.717) is 6.61 Å². The highest BCUT2D eigenvalue weighted by molar-refractivity contribution is 5.58. The van der Waals surface area contributed by atoms with Crippen LogP contribution in [-0.4, -0.2) is 43.3 Å². The van der Waals surface area contributed by atoms with Crippen LogP contribution >= 0.6 is 0 Å². The lowest BCUT2D eigenvalue weighted by molar-refractivity contribution is 0.183. The Morgan fingerprint density at radius 1 is 1.39 bits per heavy atom. The smallest absolute Gasteiger partial charge is 0.137 e. The van der Waals surface area contributed by atoms with Crippen molar-refractivity contribution in [2.45, 2.75) is 33.2 Å². The highest BCUT2D eigenvalue weighted by Crippen LogP contribution is 2.24. The summed E-state index contributed by atoms with van der Waals surface area (Å²) < 4.78 is 5.20. The molecule has 1 aromatic rings. The molecule has 5 nitrogen and oxygen atoms in total. The summed E-state index contributed by atoms with van der Waals surface area (Å²) in [4.78, 5) is 10.9. The zero-order valence-corrected chi connectivity index (χ0v) is 12.0. The number of ether oxygens (including phenoxy) is 1. The van der Waals surface area contributed by atoms with Gasteiger partial charge >= 0.3 is 0 Å². The largest absolute Gasteiger partial charge is 0.383 e. The van der Waals surface area contributed by atoms with E-state index in [1.54, 1.807) is 13.4 Å². The van der Waals surface area contributed by atoms with Crippen LogP contribution in [0.1, 0.15) is 26.3 Å². The van der Waals surface area contributed by atoms with Gasteiger partial charge in [-0.25, -0.2) is 9.97 Å². The lowest BCUT2D eigenvalue weighted by atomic mass is 10.2. The second kappa shape index (κ2) is 7.16. The molecule has 0 fully saturated rings. The van der Waals surface area contributed by atoms with Gasteiger partial charge in [0.15, 0.2) is 0 Å². The standard InChI is InChI=1S/C13H24N4O/c1-6-11-12(14-7-2)15-9-16-13(11)17(4)10(3)8-18-5/h9-10H,6-8H2,1-5H3,(H,14,15,16). The average Bonchev–Trinajstić information content (AvgIpc) is 2.38. The van der Waals surface area contributed by atoms with E-state index in [0.717, 1.165) is 30.2 Å². The van der Waals surface area contributed by atoms with Crippen LogP contribution in [0.3, 0.4) is 0 Å². The number of hydrogen-bond donors (Lipinski definition) is 1. The van der Waals surface area contributed by atoms with Gasteiger partial charge in [-0.15, -0.1) is 0 Å². The summed E-state index contributed by atoms with van der Waals surface area (Å²) in [5.41, 5.74) is 1.16. The zero-order chi connectivity index (χ0) is 13.5. The molecule has 1 heterocycles. The van der Waals surface area contributed by atoms with E-state index in [1.807, 2.05) is 7.05 Å². The fourth-order valence-corrected chi connectivity index (χ4v) is 1.91. The van der Waals surface area contributed by atoms with Crippen molar-refractivity contribution in [2.75, 3.05) is 37.5 Å². The van der Waals surface area contributed by atoms with Crippen LogP contribution in [0.25, 0.3) is 0 Å². The lowest BCUT2D eigenvalue weighted by Gasteiger charge is -2.27. The maximum atomic E-state index is 5.20. The maximum Gasteiger partial charge on any atom is 0.137 e. The average molecular weight is 252 g/mol. The van der Waals surface area contributed by atoms with Gasteiger partial charge < -0.3 is 15.0 Å². The third kappa shape index (κ3) is 3.32. The fourth-order valence-electron chi connectivity index (χ4n) is 1.91. The second-order valence-corrected chi connectivity index (χ2v) is 4.32. The number of methoxy groups -OCH3 is 1. The topological polar surface area (TPSA) is 50.3 Å². The number of anilines is 2. The first-order valence-electron chi connectivity index (χ1n) is 6.45. The van der Waals surface area contributed by atoms with Gasteiger partial charge in [-0.2, -0.15) is 0 Å². The molecule has 1 unspecified atom stereocenters. The molecule has 1 aromatic heterocycles. The van der Waals surface area contributed by atoms with Gasteiger partial charge in [0.05, 0.1) is 12.6 Å². The van der Waals surface area contributed by atoms with Gasteiger partial charge in [0.25, 0.3) is 0 Å². The predicted octanol–water partition coefficient (Wildman–Crippen LogP) is 1.94. The zero-order valence-electron chi connectivity index (χ0n) is 12.0. The van der Waals surface area contributed by atoms with Gasteiger partial charge in [0.2, 0.25) is 0 Å². The normalized spacial score (nSPS) is 12.3. The molecule has 0 bridgehead atoms. The number of hydrogen-bond acceptors (Lipinski definition) is 5. The third-order valence-electron chi connectivity index (χ3n) is 3.02. The maximum absolute atomic E-state index is 5.20. The van der Waals surface area contributed by atoms with Crippen LogP contribution in [0.15, 0.2) is 6.33 Å². The Labute approximate surface area is 110 Å². The predicted molar refractivity (Wildman–Crippen MR) is 75.3 cm³/mol. The summed E-state index contributed by atoms with van der Waals surface area (Å²) in [6, 6.07) is 0.282. The molecule has 5 heteroatoms. The molecule has 0 saturated carbocycles. The number of aromatic nitrogens is 2.